The van der Waals surface area contributed by atoms with E-state index in [0.717, 1.165) is 5.69 Å². The van der Waals surface area contributed by atoms with Gasteiger partial charge in [0.25, 0.3) is 5.91 Å². The van der Waals surface area contributed by atoms with Crippen molar-refractivity contribution in [3.8, 4) is 0 Å². The quantitative estimate of drug-likeness (QED) is 0.911. The lowest BCUT2D eigenvalue weighted by Crippen LogP contribution is -2.15. The van der Waals surface area contributed by atoms with Crippen molar-refractivity contribution >= 4 is 28.9 Å². The Bertz CT molecular complexity index is 661. The Kier molecular flexibility index (Phi) is 4.20. The Labute approximate surface area is 121 Å². The first-order valence-electron chi connectivity index (χ1n) is 5.92. The smallest absolute Gasteiger partial charge is 0.259 e. The monoisotopic (exact) mass is 293 g/mol. The van der Waals surface area contributed by atoms with Gasteiger partial charge in [0.1, 0.15) is 0 Å². The first kappa shape index (κ1) is 14.3. The van der Waals surface area contributed by atoms with E-state index in [1.807, 2.05) is 6.92 Å². The van der Waals surface area contributed by atoms with Crippen molar-refractivity contribution in [1.82, 2.24) is 4.98 Å². The molecule has 0 saturated heterocycles. The van der Waals surface area contributed by atoms with E-state index in [1.54, 1.807) is 19.2 Å². The second-order valence-corrected chi connectivity index (χ2v) is 4.58. The van der Waals surface area contributed by atoms with Gasteiger partial charge in [-0.1, -0.05) is 17.7 Å². The minimum absolute atomic E-state index is 0.0325. The zero-order valence-electron chi connectivity index (χ0n) is 11.0. The Balaban J connectivity index is 2.31. The van der Waals surface area contributed by atoms with Gasteiger partial charge < -0.3 is 10.6 Å². The van der Waals surface area contributed by atoms with Gasteiger partial charge in [0.2, 0.25) is 0 Å². The number of aryl methyl sites for hydroxylation is 1. The highest BCUT2D eigenvalue weighted by atomic mass is 35.5. The van der Waals surface area contributed by atoms with Crippen molar-refractivity contribution in [2.24, 2.45) is 0 Å². The normalized spacial score (nSPS) is 10.2. The fourth-order valence-electron chi connectivity index (χ4n) is 1.74. The molecule has 1 heterocycles. The minimum Gasteiger partial charge on any atom is -0.387 e. The maximum Gasteiger partial charge on any atom is 0.259 e. The number of carbonyl (C=O) groups excluding carboxylic acids is 1. The lowest BCUT2D eigenvalue weighted by Gasteiger charge is -2.11. The number of amides is 1. The van der Waals surface area contributed by atoms with Crippen LogP contribution in [-0.4, -0.2) is 17.9 Å². The van der Waals surface area contributed by atoms with Crippen LogP contribution in [0.1, 0.15) is 16.1 Å². The lowest BCUT2D eigenvalue weighted by atomic mass is 10.2. The number of nitrogens with one attached hydrogen (secondary N) is 2. The predicted molar refractivity (Wildman–Crippen MR) is 77.9 cm³/mol. The second kappa shape index (κ2) is 5.88. The van der Waals surface area contributed by atoms with Crippen LogP contribution in [0.25, 0.3) is 0 Å². The first-order chi connectivity index (χ1) is 9.52. The molecule has 1 aromatic carbocycles. The van der Waals surface area contributed by atoms with E-state index in [9.17, 15) is 9.18 Å². The molecular weight excluding hydrogens is 281 g/mol. The van der Waals surface area contributed by atoms with Crippen LogP contribution in [-0.2, 0) is 0 Å². The molecule has 0 aliphatic heterocycles. The highest BCUT2D eigenvalue weighted by Gasteiger charge is 2.14. The SMILES string of the molecule is CNc1cc(C)ncc1C(=O)Nc1cccc(Cl)c1F. The molecule has 0 spiro atoms. The van der Waals surface area contributed by atoms with Crippen molar-refractivity contribution in [2.75, 3.05) is 17.7 Å². The maximum atomic E-state index is 13.7. The molecule has 2 N–H and O–H groups in total. The van der Waals surface area contributed by atoms with Crippen LogP contribution < -0.4 is 10.6 Å². The molecule has 0 aliphatic carbocycles. The summed E-state index contributed by atoms with van der Waals surface area (Å²) in [5.41, 5.74) is 1.76. The van der Waals surface area contributed by atoms with E-state index in [0.29, 0.717) is 11.3 Å². The number of pyridine rings is 1. The van der Waals surface area contributed by atoms with E-state index >= 15 is 0 Å². The van der Waals surface area contributed by atoms with Crippen molar-refractivity contribution in [2.45, 2.75) is 6.92 Å². The van der Waals surface area contributed by atoms with Crippen LogP contribution >= 0.6 is 11.6 Å². The van der Waals surface area contributed by atoms with Gasteiger partial charge in [-0.15, -0.1) is 0 Å². The number of hydrogen-bond donors (Lipinski definition) is 2. The van der Waals surface area contributed by atoms with E-state index in [1.165, 1.54) is 18.3 Å². The van der Waals surface area contributed by atoms with Gasteiger partial charge in [-0.05, 0) is 25.1 Å². The summed E-state index contributed by atoms with van der Waals surface area (Å²) < 4.78 is 13.7. The summed E-state index contributed by atoms with van der Waals surface area (Å²) in [6.07, 6.45) is 1.44. The summed E-state index contributed by atoms with van der Waals surface area (Å²) in [5, 5.41) is 5.35. The number of aromatic nitrogens is 1. The topological polar surface area (TPSA) is 54.0 Å². The minimum atomic E-state index is -0.659. The molecule has 104 valence electrons. The molecule has 0 fully saturated rings. The maximum absolute atomic E-state index is 13.7. The van der Waals surface area contributed by atoms with Crippen LogP contribution in [0.5, 0.6) is 0 Å². The largest absolute Gasteiger partial charge is 0.387 e. The Morgan fingerprint density at radius 2 is 2.10 bits per heavy atom. The van der Waals surface area contributed by atoms with Crippen LogP contribution in [0.2, 0.25) is 5.02 Å². The van der Waals surface area contributed by atoms with Crippen LogP contribution in [0.3, 0.4) is 0 Å². The lowest BCUT2D eigenvalue weighted by molar-refractivity contribution is 0.102. The number of halogens is 2. The van der Waals surface area contributed by atoms with Gasteiger partial charge >= 0.3 is 0 Å². The summed E-state index contributed by atoms with van der Waals surface area (Å²) >= 11 is 5.67. The van der Waals surface area contributed by atoms with E-state index in [2.05, 4.69) is 15.6 Å². The summed E-state index contributed by atoms with van der Waals surface area (Å²) in [5.74, 6) is -1.11. The van der Waals surface area contributed by atoms with Crippen molar-refractivity contribution < 1.29 is 9.18 Å². The Morgan fingerprint density at radius 3 is 2.80 bits per heavy atom. The number of anilines is 2. The fraction of sp³-hybridized carbons (Fsp3) is 0.143. The molecule has 0 bridgehead atoms. The third-order valence-electron chi connectivity index (χ3n) is 2.75. The fourth-order valence-corrected chi connectivity index (χ4v) is 1.91. The summed E-state index contributed by atoms with van der Waals surface area (Å²) in [6, 6.07) is 6.16. The highest BCUT2D eigenvalue weighted by Crippen LogP contribution is 2.23. The summed E-state index contributed by atoms with van der Waals surface area (Å²) in [7, 11) is 1.70. The van der Waals surface area contributed by atoms with E-state index in [4.69, 9.17) is 11.6 Å². The Hall–Kier alpha value is -2.14. The van der Waals surface area contributed by atoms with Gasteiger partial charge in [-0.25, -0.2) is 4.39 Å². The molecule has 0 unspecified atom stereocenters. The van der Waals surface area contributed by atoms with Crippen molar-refractivity contribution in [3.63, 3.8) is 0 Å². The zero-order chi connectivity index (χ0) is 14.7. The molecule has 1 amide bonds. The summed E-state index contributed by atoms with van der Waals surface area (Å²) in [4.78, 5) is 16.2. The van der Waals surface area contributed by atoms with Gasteiger partial charge in [0.15, 0.2) is 5.82 Å². The molecule has 6 heteroatoms. The molecule has 0 atom stereocenters. The van der Waals surface area contributed by atoms with Crippen LogP contribution in [0.4, 0.5) is 15.8 Å². The van der Waals surface area contributed by atoms with E-state index in [-0.39, 0.29) is 10.7 Å². The molecule has 20 heavy (non-hydrogen) atoms. The number of carbonyl (C=O) groups is 1. The number of benzene rings is 1. The number of hydrogen-bond acceptors (Lipinski definition) is 3. The second-order valence-electron chi connectivity index (χ2n) is 4.18. The number of rotatable bonds is 3. The van der Waals surface area contributed by atoms with Gasteiger partial charge in [0.05, 0.1) is 22.0 Å². The molecule has 0 radical (unpaired) electrons. The van der Waals surface area contributed by atoms with Crippen LogP contribution in [0, 0.1) is 12.7 Å². The highest BCUT2D eigenvalue weighted by molar-refractivity contribution is 6.31. The zero-order valence-corrected chi connectivity index (χ0v) is 11.8. The van der Waals surface area contributed by atoms with E-state index < -0.39 is 11.7 Å². The van der Waals surface area contributed by atoms with Gasteiger partial charge in [0, 0.05) is 18.9 Å². The Morgan fingerprint density at radius 1 is 1.35 bits per heavy atom. The standard InChI is InChI=1S/C14H13ClFN3O/c1-8-6-12(17-2)9(7-18-8)14(20)19-11-5-3-4-10(15)13(11)16/h3-7H,1-2H3,(H,17,18)(H,19,20). The molecule has 4 nitrogen and oxygen atoms in total. The van der Waals surface area contributed by atoms with Crippen molar-refractivity contribution in [1.29, 1.82) is 0 Å². The predicted octanol–water partition coefficient (Wildman–Crippen LogP) is 3.48. The number of nitrogens with zero attached hydrogens (tertiary/aromatic N) is 1. The molecular formula is C14H13ClFN3O. The molecule has 0 aliphatic rings. The molecule has 2 rings (SSSR count). The summed E-state index contributed by atoms with van der Waals surface area (Å²) in [6.45, 7) is 1.82. The third kappa shape index (κ3) is 2.88. The average Bonchev–Trinajstić information content (AvgIpc) is 2.43. The van der Waals surface area contributed by atoms with Crippen molar-refractivity contribution in [3.05, 3.63) is 52.6 Å². The first-order valence-corrected chi connectivity index (χ1v) is 6.30. The van der Waals surface area contributed by atoms with Crippen LogP contribution in [0.15, 0.2) is 30.5 Å². The van der Waals surface area contributed by atoms with Gasteiger partial charge in [-0.3, -0.25) is 9.78 Å². The molecule has 0 saturated carbocycles. The third-order valence-corrected chi connectivity index (χ3v) is 3.05. The molecule has 2 aromatic rings. The molecule has 1 aromatic heterocycles. The average molecular weight is 294 g/mol. The van der Waals surface area contributed by atoms with Gasteiger partial charge in [-0.2, -0.15) is 0 Å².